The second-order valence-electron chi connectivity index (χ2n) is 5.62. The third kappa shape index (κ3) is 6.27. The van der Waals surface area contributed by atoms with E-state index in [2.05, 4.69) is 39.6 Å². The average Bonchev–Trinajstić information content (AvgIpc) is 2.62. The topological polar surface area (TPSA) is 101 Å². The normalized spacial score (nSPS) is 10.6. The number of alkyl halides is 3. The zero-order valence-corrected chi connectivity index (χ0v) is 14.7. The first-order chi connectivity index (χ1) is 13.1. The van der Waals surface area contributed by atoms with Gasteiger partial charge in [0.05, 0.1) is 0 Å². The summed E-state index contributed by atoms with van der Waals surface area (Å²) in [5, 5.41) is 10.4. The molecule has 0 atom stereocenters. The Morgan fingerprint density at radius 3 is 2.04 bits per heavy atom. The third-order valence-electron chi connectivity index (χ3n) is 3.38. The van der Waals surface area contributed by atoms with Gasteiger partial charge in [0.1, 0.15) is 5.82 Å². The van der Waals surface area contributed by atoms with Crippen LogP contribution in [0.1, 0.15) is 5.69 Å². The standard InChI is InChI=1S/C17H16N4.C2HF3O2/c1-12-11-16(21-17(18)19-12)20-15-9-7-14(8-10-15)13-5-3-2-4-6-13;3-2(4,5)1(6)7/h2-11H,1H3,(H3,18,19,20,21);(H,6,7). The second-order valence-corrected chi connectivity index (χ2v) is 5.62. The molecule has 0 aliphatic rings. The van der Waals surface area contributed by atoms with E-state index < -0.39 is 12.1 Å². The Kier molecular flexibility index (Phi) is 6.54. The molecule has 0 aliphatic carbocycles. The molecule has 0 radical (unpaired) electrons. The molecule has 146 valence electrons. The number of anilines is 3. The van der Waals surface area contributed by atoms with Crippen molar-refractivity contribution >= 4 is 23.4 Å². The number of benzene rings is 2. The number of aromatic nitrogens is 2. The summed E-state index contributed by atoms with van der Waals surface area (Å²) in [6, 6.07) is 20.3. The number of rotatable bonds is 3. The lowest BCUT2D eigenvalue weighted by Gasteiger charge is -2.08. The molecule has 6 nitrogen and oxygen atoms in total. The van der Waals surface area contributed by atoms with Crippen LogP contribution in [-0.4, -0.2) is 27.2 Å². The minimum Gasteiger partial charge on any atom is -0.475 e. The van der Waals surface area contributed by atoms with E-state index in [4.69, 9.17) is 15.6 Å². The van der Waals surface area contributed by atoms with Crippen molar-refractivity contribution in [3.05, 3.63) is 66.4 Å². The Morgan fingerprint density at radius 2 is 1.54 bits per heavy atom. The summed E-state index contributed by atoms with van der Waals surface area (Å²) in [4.78, 5) is 17.1. The highest BCUT2D eigenvalue weighted by Gasteiger charge is 2.38. The van der Waals surface area contributed by atoms with Crippen LogP contribution in [-0.2, 0) is 4.79 Å². The summed E-state index contributed by atoms with van der Waals surface area (Å²) in [6.45, 7) is 1.89. The van der Waals surface area contributed by atoms with Crippen molar-refractivity contribution in [2.45, 2.75) is 13.1 Å². The molecule has 4 N–H and O–H groups in total. The van der Waals surface area contributed by atoms with Gasteiger partial charge in [0, 0.05) is 17.4 Å². The third-order valence-corrected chi connectivity index (χ3v) is 3.38. The van der Waals surface area contributed by atoms with Crippen LogP contribution in [0.25, 0.3) is 11.1 Å². The first-order valence-electron chi connectivity index (χ1n) is 7.99. The Balaban J connectivity index is 0.000000345. The van der Waals surface area contributed by atoms with Crippen LogP contribution in [0.3, 0.4) is 0 Å². The van der Waals surface area contributed by atoms with Crippen LogP contribution >= 0.6 is 0 Å². The maximum atomic E-state index is 10.6. The number of carboxylic acid groups (broad SMARTS) is 1. The number of nitrogens with two attached hydrogens (primary N) is 1. The Bertz CT molecular complexity index is 910. The van der Waals surface area contributed by atoms with E-state index in [-0.39, 0.29) is 5.95 Å². The molecule has 0 unspecified atom stereocenters. The molecule has 9 heteroatoms. The highest BCUT2D eigenvalue weighted by molar-refractivity contribution is 5.73. The van der Waals surface area contributed by atoms with Crippen molar-refractivity contribution in [3.63, 3.8) is 0 Å². The molecule has 0 spiro atoms. The van der Waals surface area contributed by atoms with Gasteiger partial charge in [-0.05, 0) is 30.2 Å². The minimum atomic E-state index is -5.08. The van der Waals surface area contributed by atoms with Crippen molar-refractivity contribution in [1.29, 1.82) is 0 Å². The number of aryl methyl sites for hydroxylation is 1. The van der Waals surface area contributed by atoms with Gasteiger partial charge in [0.25, 0.3) is 0 Å². The molecule has 3 aromatic rings. The number of carbonyl (C=O) groups is 1. The van der Waals surface area contributed by atoms with Gasteiger partial charge in [-0.15, -0.1) is 0 Å². The summed E-state index contributed by atoms with van der Waals surface area (Å²) >= 11 is 0. The van der Waals surface area contributed by atoms with Gasteiger partial charge in [0.2, 0.25) is 5.95 Å². The predicted octanol–water partition coefficient (Wildman–Crippen LogP) is 4.41. The lowest BCUT2D eigenvalue weighted by molar-refractivity contribution is -0.192. The van der Waals surface area contributed by atoms with Crippen LogP contribution in [0.5, 0.6) is 0 Å². The molecule has 0 aliphatic heterocycles. The Labute approximate surface area is 158 Å². The van der Waals surface area contributed by atoms with Gasteiger partial charge in [-0.25, -0.2) is 9.78 Å². The number of hydrogen-bond acceptors (Lipinski definition) is 5. The Morgan fingerprint density at radius 1 is 1.00 bits per heavy atom. The van der Waals surface area contributed by atoms with Crippen LogP contribution in [0.2, 0.25) is 0 Å². The fourth-order valence-corrected chi connectivity index (χ4v) is 2.18. The molecule has 0 bridgehead atoms. The van der Waals surface area contributed by atoms with Gasteiger partial charge < -0.3 is 16.2 Å². The molecule has 28 heavy (non-hydrogen) atoms. The molecule has 0 fully saturated rings. The number of carboxylic acids is 1. The quantitative estimate of drug-likeness (QED) is 0.612. The number of aliphatic carboxylic acids is 1. The van der Waals surface area contributed by atoms with Crippen molar-refractivity contribution in [3.8, 4) is 11.1 Å². The molecule has 1 heterocycles. The average molecular weight is 390 g/mol. The van der Waals surface area contributed by atoms with E-state index in [0.717, 1.165) is 11.4 Å². The van der Waals surface area contributed by atoms with Gasteiger partial charge in [-0.1, -0.05) is 42.5 Å². The lowest BCUT2D eigenvalue weighted by atomic mass is 10.1. The van der Waals surface area contributed by atoms with Gasteiger partial charge >= 0.3 is 12.1 Å². The summed E-state index contributed by atoms with van der Waals surface area (Å²) in [5.74, 6) is -1.78. The minimum absolute atomic E-state index is 0.276. The van der Waals surface area contributed by atoms with E-state index in [9.17, 15) is 13.2 Å². The van der Waals surface area contributed by atoms with Crippen LogP contribution < -0.4 is 11.1 Å². The number of nitrogens with one attached hydrogen (secondary N) is 1. The molecular formula is C19H17F3N4O2. The summed E-state index contributed by atoms with van der Waals surface area (Å²) in [6.07, 6.45) is -5.08. The number of nitrogens with zero attached hydrogens (tertiary/aromatic N) is 2. The summed E-state index contributed by atoms with van der Waals surface area (Å²) < 4.78 is 31.7. The molecule has 1 aromatic heterocycles. The van der Waals surface area contributed by atoms with Crippen molar-refractivity contribution in [2.75, 3.05) is 11.1 Å². The van der Waals surface area contributed by atoms with Crippen molar-refractivity contribution in [1.82, 2.24) is 9.97 Å². The molecular weight excluding hydrogens is 373 g/mol. The lowest BCUT2D eigenvalue weighted by Crippen LogP contribution is -2.21. The van der Waals surface area contributed by atoms with E-state index in [0.29, 0.717) is 5.82 Å². The zero-order chi connectivity index (χ0) is 20.7. The largest absolute Gasteiger partial charge is 0.490 e. The molecule has 0 amide bonds. The summed E-state index contributed by atoms with van der Waals surface area (Å²) in [5.41, 5.74) is 9.84. The second kappa shape index (κ2) is 8.85. The van der Waals surface area contributed by atoms with Crippen LogP contribution in [0, 0.1) is 6.92 Å². The van der Waals surface area contributed by atoms with Gasteiger partial charge in [0.15, 0.2) is 0 Å². The molecule has 0 saturated carbocycles. The molecule has 0 saturated heterocycles. The maximum absolute atomic E-state index is 10.6. The number of nitrogen functional groups attached to an aromatic ring is 1. The first-order valence-corrected chi connectivity index (χ1v) is 7.99. The molecule has 2 aromatic carbocycles. The highest BCUT2D eigenvalue weighted by Crippen LogP contribution is 2.22. The highest BCUT2D eigenvalue weighted by atomic mass is 19.4. The number of halogens is 3. The molecule has 3 rings (SSSR count). The Hall–Kier alpha value is -3.62. The monoisotopic (exact) mass is 390 g/mol. The van der Waals surface area contributed by atoms with Crippen molar-refractivity contribution < 1.29 is 23.1 Å². The van der Waals surface area contributed by atoms with Gasteiger partial charge in [-0.2, -0.15) is 18.2 Å². The predicted molar refractivity (Wildman–Crippen MR) is 100 cm³/mol. The zero-order valence-electron chi connectivity index (χ0n) is 14.7. The fourth-order valence-electron chi connectivity index (χ4n) is 2.18. The van der Waals surface area contributed by atoms with E-state index in [1.807, 2.05) is 43.3 Å². The number of hydrogen-bond donors (Lipinski definition) is 3. The maximum Gasteiger partial charge on any atom is 0.490 e. The van der Waals surface area contributed by atoms with E-state index in [1.54, 1.807) is 0 Å². The smallest absolute Gasteiger partial charge is 0.475 e. The first kappa shape index (κ1) is 20.7. The van der Waals surface area contributed by atoms with E-state index in [1.165, 1.54) is 11.1 Å². The van der Waals surface area contributed by atoms with Crippen LogP contribution in [0.4, 0.5) is 30.6 Å². The van der Waals surface area contributed by atoms with Crippen molar-refractivity contribution in [2.24, 2.45) is 0 Å². The fraction of sp³-hybridized carbons (Fsp3) is 0.105. The summed E-state index contributed by atoms with van der Waals surface area (Å²) in [7, 11) is 0. The van der Waals surface area contributed by atoms with Crippen LogP contribution in [0.15, 0.2) is 60.7 Å². The SMILES string of the molecule is Cc1cc(Nc2ccc(-c3ccccc3)cc2)nc(N)n1.O=C(O)C(F)(F)F. The van der Waals surface area contributed by atoms with E-state index >= 15 is 0 Å². The van der Waals surface area contributed by atoms with Gasteiger partial charge in [-0.3, -0.25) is 0 Å².